The number of nitrogen functional groups attached to an aromatic ring is 1. The van der Waals surface area contributed by atoms with Gasteiger partial charge in [0.05, 0.1) is 0 Å². The maximum absolute atomic E-state index is 11.7. The summed E-state index contributed by atoms with van der Waals surface area (Å²) in [5.41, 5.74) is 19.2. The quantitative estimate of drug-likeness (QED) is 0.280. The molecule has 2 atom stereocenters. The average Bonchev–Trinajstić information content (AvgIpc) is 2.72. The van der Waals surface area contributed by atoms with Crippen LogP contribution >= 0.6 is 0 Å². The number of hydrogen-bond acceptors (Lipinski definition) is 9. The lowest BCUT2D eigenvalue weighted by Crippen LogP contribution is -2.43. The molecule has 3 rings (SSSR count). The van der Waals surface area contributed by atoms with Gasteiger partial charge in [-0.3, -0.25) is 4.79 Å². The zero-order chi connectivity index (χ0) is 22.1. The second-order valence-electron chi connectivity index (χ2n) is 7.09. The molecule has 10 heteroatoms. The van der Waals surface area contributed by atoms with Gasteiger partial charge in [-0.25, -0.2) is 4.98 Å². The van der Waals surface area contributed by atoms with Crippen molar-refractivity contribution in [3.63, 3.8) is 0 Å². The van der Waals surface area contributed by atoms with Crippen LogP contribution in [0.3, 0.4) is 0 Å². The van der Waals surface area contributed by atoms with Crippen molar-refractivity contribution >= 4 is 41.0 Å². The number of nitrogens with two attached hydrogens (primary N) is 3. The predicted octanol–water partition coefficient (Wildman–Crippen LogP) is 2.26. The first-order valence-corrected chi connectivity index (χ1v) is 9.67. The minimum absolute atomic E-state index is 0.0710. The van der Waals surface area contributed by atoms with Gasteiger partial charge in [-0.2, -0.15) is 4.98 Å². The number of anilines is 4. The number of carbonyl (C=O) groups is 1. The third-order valence-electron chi connectivity index (χ3n) is 4.58. The molecule has 1 aromatic carbocycles. The highest BCUT2D eigenvalue weighted by atomic mass is 16.1. The van der Waals surface area contributed by atoms with E-state index >= 15 is 0 Å². The van der Waals surface area contributed by atoms with Gasteiger partial charge in [0.2, 0.25) is 5.95 Å². The summed E-state index contributed by atoms with van der Waals surface area (Å²) >= 11 is 0. The van der Waals surface area contributed by atoms with Gasteiger partial charge in [0.15, 0.2) is 0 Å². The van der Waals surface area contributed by atoms with Crippen LogP contribution in [-0.4, -0.2) is 39.9 Å². The van der Waals surface area contributed by atoms with Gasteiger partial charge in [-0.05, 0) is 44.0 Å². The van der Waals surface area contributed by atoms with Crippen LogP contribution < -0.4 is 27.8 Å². The van der Waals surface area contributed by atoms with E-state index in [4.69, 9.17) is 28.0 Å². The Kier molecular flexibility index (Phi) is 8.24. The summed E-state index contributed by atoms with van der Waals surface area (Å²) in [4.78, 5) is 20.3. The Morgan fingerprint density at radius 1 is 1.23 bits per heavy atom. The lowest BCUT2D eigenvalue weighted by molar-refractivity contribution is 0.100. The third kappa shape index (κ3) is 6.82. The number of hydrogen-bond donors (Lipinski definition) is 7. The van der Waals surface area contributed by atoms with Gasteiger partial charge in [-0.1, -0.05) is 12.8 Å². The smallest absolute Gasteiger partial charge is 0.254 e. The summed E-state index contributed by atoms with van der Waals surface area (Å²) in [6.07, 6.45) is 6.65. The lowest BCUT2D eigenvalue weighted by Gasteiger charge is -2.29. The zero-order valence-corrected chi connectivity index (χ0v) is 17.0. The van der Waals surface area contributed by atoms with E-state index in [1.54, 1.807) is 31.2 Å². The first kappa shape index (κ1) is 22.8. The van der Waals surface area contributed by atoms with Crippen LogP contribution in [-0.2, 0) is 0 Å². The Bertz CT molecular complexity index is 882. The van der Waals surface area contributed by atoms with Crippen molar-refractivity contribution < 1.29 is 4.79 Å². The van der Waals surface area contributed by atoms with Crippen LogP contribution in [0.15, 0.2) is 30.5 Å². The van der Waals surface area contributed by atoms with Gasteiger partial charge in [-0.15, -0.1) is 0 Å². The standard InChI is InChI=1S/C17H23N7O.C3H6N2/c18-10-5-7-11(8-6-10)22-16-12(15(20)25)9-21-17(24-16)23-14-4-2-1-3-13(14)19;1-3(5)2-4/h5-9,13-14H,1-4,18-19H2,(H2,20,25)(H2,21,22,23,24);2,4-5H,1H3/t13-,14+;/m0./s1. The van der Waals surface area contributed by atoms with Gasteiger partial charge in [0, 0.05) is 41.6 Å². The van der Waals surface area contributed by atoms with E-state index in [0.717, 1.165) is 37.6 Å². The van der Waals surface area contributed by atoms with Crippen molar-refractivity contribution in [1.82, 2.24) is 9.97 Å². The number of rotatable bonds is 6. The normalized spacial score (nSPS) is 17.8. The van der Waals surface area contributed by atoms with Crippen molar-refractivity contribution in [2.75, 3.05) is 16.4 Å². The van der Waals surface area contributed by atoms with E-state index in [1.165, 1.54) is 6.20 Å². The fraction of sp³-hybridized carbons (Fsp3) is 0.350. The number of nitrogens with zero attached hydrogens (tertiary/aromatic N) is 2. The number of nitrogens with one attached hydrogen (secondary N) is 4. The molecular weight excluding hydrogens is 382 g/mol. The van der Waals surface area contributed by atoms with Crippen LogP contribution in [0.25, 0.3) is 0 Å². The number of benzene rings is 1. The van der Waals surface area contributed by atoms with Gasteiger partial charge >= 0.3 is 0 Å². The molecule has 1 aliphatic carbocycles. The topological polar surface area (TPSA) is 193 Å². The molecule has 0 aliphatic heterocycles. The van der Waals surface area contributed by atoms with E-state index in [2.05, 4.69) is 20.6 Å². The monoisotopic (exact) mass is 411 g/mol. The molecule has 160 valence electrons. The molecule has 1 heterocycles. The molecule has 2 aromatic rings. The number of carbonyl (C=O) groups excluding carboxylic acids is 1. The second kappa shape index (κ2) is 10.9. The molecule has 0 saturated heterocycles. The zero-order valence-electron chi connectivity index (χ0n) is 17.0. The lowest BCUT2D eigenvalue weighted by atomic mass is 9.91. The molecule has 10 nitrogen and oxygen atoms in total. The van der Waals surface area contributed by atoms with Crippen LogP contribution in [0, 0.1) is 10.8 Å². The Morgan fingerprint density at radius 2 is 1.87 bits per heavy atom. The Morgan fingerprint density at radius 3 is 2.43 bits per heavy atom. The maximum Gasteiger partial charge on any atom is 0.254 e. The molecule has 30 heavy (non-hydrogen) atoms. The van der Waals surface area contributed by atoms with E-state index in [9.17, 15) is 4.79 Å². The molecule has 0 radical (unpaired) electrons. The fourth-order valence-corrected chi connectivity index (χ4v) is 2.93. The summed E-state index contributed by atoms with van der Waals surface area (Å²) in [6, 6.07) is 7.30. The van der Waals surface area contributed by atoms with E-state index in [0.29, 0.717) is 23.2 Å². The number of aromatic nitrogens is 2. The molecule has 1 aliphatic rings. The van der Waals surface area contributed by atoms with Gasteiger partial charge in [0.25, 0.3) is 5.91 Å². The molecule has 1 aromatic heterocycles. The van der Waals surface area contributed by atoms with Gasteiger partial charge in [0.1, 0.15) is 11.4 Å². The first-order valence-electron chi connectivity index (χ1n) is 9.67. The van der Waals surface area contributed by atoms with Crippen LogP contribution in [0.2, 0.25) is 0 Å². The fourth-order valence-electron chi connectivity index (χ4n) is 2.93. The number of primary amides is 1. The summed E-state index contributed by atoms with van der Waals surface area (Å²) < 4.78 is 0. The largest absolute Gasteiger partial charge is 0.399 e. The molecule has 1 amide bonds. The SMILES string of the molecule is CC(=N)C=N.NC(=O)c1cnc(N[C@@H]2CCCC[C@@H]2N)nc1Nc1ccc(N)cc1. The maximum atomic E-state index is 11.7. The molecule has 1 fully saturated rings. The summed E-state index contributed by atoms with van der Waals surface area (Å²) in [5, 5.41) is 19.2. The molecule has 1 saturated carbocycles. The summed E-state index contributed by atoms with van der Waals surface area (Å²) in [6.45, 7) is 1.56. The molecule has 10 N–H and O–H groups in total. The van der Waals surface area contributed by atoms with Crippen molar-refractivity contribution in [3.05, 3.63) is 36.0 Å². The van der Waals surface area contributed by atoms with Crippen LogP contribution in [0.4, 0.5) is 23.1 Å². The molecule has 0 unspecified atom stereocenters. The van der Waals surface area contributed by atoms with E-state index in [1.807, 2.05) is 0 Å². The summed E-state index contributed by atoms with van der Waals surface area (Å²) in [5.74, 6) is 0.170. The molecule has 0 bridgehead atoms. The highest BCUT2D eigenvalue weighted by molar-refractivity contribution is 6.26. The van der Waals surface area contributed by atoms with E-state index in [-0.39, 0.29) is 17.6 Å². The summed E-state index contributed by atoms with van der Waals surface area (Å²) in [7, 11) is 0. The Balaban J connectivity index is 0.000000575. The molecule has 0 spiro atoms. The minimum Gasteiger partial charge on any atom is -0.399 e. The second-order valence-corrected chi connectivity index (χ2v) is 7.09. The third-order valence-corrected chi connectivity index (χ3v) is 4.58. The van der Waals surface area contributed by atoms with Crippen molar-refractivity contribution in [2.24, 2.45) is 11.5 Å². The highest BCUT2D eigenvalue weighted by Crippen LogP contribution is 2.23. The Hall–Kier alpha value is -3.53. The highest BCUT2D eigenvalue weighted by Gasteiger charge is 2.23. The van der Waals surface area contributed by atoms with Crippen LogP contribution in [0.1, 0.15) is 43.0 Å². The van der Waals surface area contributed by atoms with Crippen molar-refractivity contribution in [3.8, 4) is 0 Å². The minimum atomic E-state index is -0.598. The number of amides is 1. The average molecular weight is 412 g/mol. The van der Waals surface area contributed by atoms with E-state index < -0.39 is 5.91 Å². The molecular formula is C20H29N9O. The first-order chi connectivity index (χ1) is 14.3. The Labute approximate surface area is 175 Å². The van der Waals surface area contributed by atoms with Crippen molar-refractivity contribution in [1.29, 1.82) is 10.8 Å². The van der Waals surface area contributed by atoms with Crippen LogP contribution in [0.5, 0.6) is 0 Å². The predicted molar refractivity (Wildman–Crippen MR) is 121 cm³/mol. The van der Waals surface area contributed by atoms with Gasteiger partial charge < -0.3 is 38.7 Å². The van der Waals surface area contributed by atoms with Crippen molar-refractivity contribution in [2.45, 2.75) is 44.7 Å².